The minimum Gasteiger partial charge on any atom is -0.347 e. The van der Waals surface area contributed by atoms with Crippen molar-refractivity contribution in [2.75, 3.05) is 5.32 Å². The maximum atomic E-state index is 3.56. The summed E-state index contributed by atoms with van der Waals surface area (Å²) in [5.41, 5.74) is 3.75. The predicted molar refractivity (Wildman–Crippen MR) is 89.5 cm³/mol. The van der Waals surface area contributed by atoms with Crippen LogP contribution in [0.1, 0.15) is 5.56 Å². The molecule has 0 spiro atoms. The molecule has 21 heavy (non-hydrogen) atoms. The Hall–Kier alpha value is -2.19. The molecule has 0 saturated carbocycles. The van der Waals surface area contributed by atoms with E-state index >= 15 is 0 Å². The smallest absolute Gasteiger partial charge is 0.190 e. The van der Waals surface area contributed by atoms with Gasteiger partial charge in [0.05, 0.1) is 11.4 Å². The van der Waals surface area contributed by atoms with Crippen LogP contribution in [0.3, 0.4) is 0 Å². The molecule has 3 aromatic rings. The molecular formula is C19H16NS+. The first-order chi connectivity index (χ1) is 10.3. The van der Waals surface area contributed by atoms with Crippen LogP contribution in [0.2, 0.25) is 0 Å². The summed E-state index contributed by atoms with van der Waals surface area (Å²) < 4.78 is 0. The standard InChI is InChI=1S/C19H16NS/c1-14-10-12-15(13-11-14)21-18-8-4-2-6-16(18)20-17-7-3-5-9-19(17)21/h2-13,20H,1H3/q+1. The molecular weight excluding hydrogens is 274 g/mol. The third-order valence-electron chi connectivity index (χ3n) is 3.74. The summed E-state index contributed by atoms with van der Waals surface area (Å²) in [7, 11) is -0.0287. The first-order valence-corrected chi connectivity index (χ1v) is 8.31. The minimum atomic E-state index is -0.0287. The number of fused-ring (bicyclic) bond motifs is 2. The summed E-state index contributed by atoms with van der Waals surface area (Å²) in [4.78, 5) is 4.13. The Kier molecular flexibility index (Phi) is 2.97. The highest BCUT2D eigenvalue weighted by Gasteiger charge is 2.36. The number of anilines is 2. The monoisotopic (exact) mass is 290 g/mol. The van der Waals surface area contributed by atoms with E-state index in [-0.39, 0.29) is 10.9 Å². The van der Waals surface area contributed by atoms with Crippen LogP contribution in [0.5, 0.6) is 0 Å². The van der Waals surface area contributed by atoms with Gasteiger partial charge in [0.1, 0.15) is 10.9 Å². The van der Waals surface area contributed by atoms with Crippen LogP contribution in [-0.4, -0.2) is 0 Å². The van der Waals surface area contributed by atoms with E-state index in [9.17, 15) is 0 Å². The normalized spacial score (nSPS) is 13.2. The quantitative estimate of drug-likeness (QED) is 0.478. The summed E-state index contributed by atoms with van der Waals surface area (Å²) in [6.45, 7) is 2.14. The molecule has 1 aliphatic rings. The van der Waals surface area contributed by atoms with Crippen molar-refractivity contribution in [3.05, 3.63) is 78.4 Å². The van der Waals surface area contributed by atoms with E-state index in [1.807, 2.05) is 0 Å². The number of rotatable bonds is 1. The number of benzene rings is 3. The Morgan fingerprint density at radius 2 is 1.19 bits per heavy atom. The summed E-state index contributed by atoms with van der Waals surface area (Å²) >= 11 is 0. The number of para-hydroxylation sites is 2. The summed E-state index contributed by atoms with van der Waals surface area (Å²) in [5.74, 6) is 0. The van der Waals surface area contributed by atoms with Gasteiger partial charge in [-0.25, -0.2) is 0 Å². The van der Waals surface area contributed by atoms with Crippen molar-refractivity contribution in [1.82, 2.24) is 0 Å². The highest BCUT2D eigenvalue weighted by atomic mass is 32.2. The molecule has 1 N–H and O–H groups in total. The number of hydrogen-bond donors (Lipinski definition) is 1. The Balaban J connectivity index is 1.95. The van der Waals surface area contributed by atoms with Crippen LogP contribution < -0.4 is 5.32 Å². The Bertz CT molecular complexity index is 747. The average Bonchev–Trinajstić information content (AvgIpc) is 2.53. The zero-order valence-electron chi connectivity index (χ0n) is 11.8. The maximum Gasteiger partial charge on any atom is 0.190 e. The van der Waals surface area contributed by atoms with Gasteiger partial charge < -0.3 is 5.32 Å². The van der Waals surface area contributed by atoms with Gasteiger partial charge in [0.2, 0.25) is 0 Å². The fourth-order valence-electron chi connectivity index (χ4n) is 2.69. The van der Waals surface area contributed by atoms with Gasteiger partial charge in [-0.15, -0.1) is 0 Å². The molecule has 0 aliphatic carbocycles. The second-order valence-electron chi connectivity index (χ2n) is 5.24. The fraction of sp³-hybridized carbons (Fsp3) is 0.0526. The first-order valence-electron chi connectivity index (χ1n) is 7.09. The minimum absolute atomic E-state index is 0.0287. The molecule has 1 heterocycles. The lowest BCUT2D eigenvalue weighted by molar-refractivity contribution is 1.25. The molecule has 0 saturated heterocycles. The number of hydrogen-bond acceptors (Lipinski definition) is 1. The molecule has 0 unspecified atom stereocenters. The lowest BCUT2D eigenvalue weighted by atomic mass is 10.2. The van der Waals surface area contributed by atoms with E-state index in [0.717, 1.165) is 0 Å². The van der Waals surface area contributed by atoms with Crippen LogP contribution >= 0.6 is 0 Å². The molecule has 2 heteroatoms. The van der Waals surface area contributed by atoms with Crippen molar-refractivity contribution < 1.29 is 0 Å². The van der Waals surface area contributed by atoms with Gasteiger partial charge in [-0.05, 0) is 43.3 Å². The van der Waals surface area contributed by atoms with E-state index in [1.165, 1.54) is 31.6 Å². The molecule has 0 aromatic heterocycles. The summed E-state index contributed by atoms with van der Waals surface area (Å²) in [6, 6.07) is 26.2. The largest absolute Gasteiger partial charge is 0.347 e. The van der Waals surface area contributed by atoms with Gasteiger partial charge in [-0.3, -0.25) is 0 Å². The van der Waals surface area contributed by atoms with E-state index in [4.69, 9.17) is 0 Å². The van der Waals surface area contributed by atoms with Gasteiger partial charge in [0.15, 0.2) is 14.7 Å². The van der Waals surface area contributed by atoms with Crippen LogP contribution in [0.25, 0.3) is 0 Å². The van der Waals surface area contributed by atoms with Crippen molar-refractivity contribution >= 4 is 22.3 Å². The Morgan fingerprint density at radius 3 is 1.76 bits per heavy atom. The van der Waals surface area contributed by atoms with Crippen molar-refractivity contribution in [1.29, 1.82) is 0 Å². The van der Waals surface area contributed by atoms with Crippen molar-refractivity contribution in [2.45, 2.75) is 21.6 Å². The topological polar surface area (TPSA) is 12.0 Å². The molecule has 0 atom stereocenters. The van der Waals surface area contributed by atoms with Crippen molar-refractivity contribution in [3.63, 3.8) is 0 Å². The Labute approximate surface area is 128 Å². The van der Waals surface area contributed by atoms with E-state index in [1.54, 1.807) is 0 Å². The third kappa shape index (κ3) is 2.12. The van der Waals surface area contributed by atoms with Gasteiger partial charge in [0.25, 0.3) is 0 Å². The van der Waals surface area contributed by atoms with E-state index in [2.05, 4.69) is 85.0 Å². The zero-order valence-corrected chi connectivity index (χ0v) is 12.7. The molecule has 0 amide bonds. The van der Waals surface area contributed by atoms with Crippen molar-refractivity contribution in [2.24, 2.45) is 0 Å². The Morgan fingerprint density at radius 1 is 0.667 bits per heavy atom. The van der Waals surface area contributed by atoms with Gasteiger partial charge in [-0.1, -0.05) is 42.0 Å². The molecule has 1 nitrogen and oxygen atoms in total. The first kappa shape index (κ1) is 12.5. The van der Waals surface area contributed by atoms with Crippen LogP contribution in [0.4, 0.5) is 11.4 Å². The molecule has 3 aromatic carbocycles. The molecule has 4 rings (SSSR count). The van der Waals surface area contributed by atoms with Crippen molar-refractivity contribution in [3.8, 4) is 0 Å². The second kappa shape index (κ2) is 4.97. The highest BCUT2D eigenvalue weighted by Crippen LogP contribution is 2.43. The maximum absolute atomic E-state index is 3.56. The van der Waals surface area contributed by atoms with Crippen LogP contribution in [0, 0.1) is 6.92 Å². The zero-order chi connectivity index (χ0) is 14.2. The molecule has 0 radical (unpaired) electrons. The highest BCUT2D eigenvalue weighted by molar-refractivity contribution is 7.97. The SMILES string of the molecule is Cc1ccc([S+]2c3ccccc3Nc3ccccc32)cc1. The average molecular weight is 290 g/mol. The van der Waals surface area contributed by atoms with Gasteiger partial charge >= 0.3 is 0 Å². The third-order valence-corrected chi connectivity index (χ3v) is 6.08. The lowest BCUT2D eigenvalue weighted by Gasteiger charge is -2.20. The van der Waals surface area contributed by atoms with Crippen LogP contribution in [0.15, 0.2) is 87.5 Å². The second-order valence-corrected chi connectivity index (χ2v) is 7.20. The molecule has 1 aliphatic heterocycles. The summed E-state index contributed by atoms with van der Waals surface area (Å²) in [6.07, 6.45) is 0. The molecule has 102 valence electrons. The molecule has 0 fully saturated rings. The van der Waals surface area contributed by atoms with Crippen LogP contribution in [-0.2, 0) is 10.9 Å². The van der Waals surface area contributed by atoms with E-state index < -0.39 is 0 Å². The summed E-state index contributed by atoms with van der Waals surface area (Å²) in [5, 5.41) is 3.56. The van der Waals surface area contributed by atoms with Gasteiger partial charge in [-0.2, -0.15) is 0 Å². The number of aryl methyl sites for hydroxylation is 1. The van der Waals surface area contributed by atoms with E-state index in [0.29, 0.717) is 0 Å². The predicted octanol–water partition coefficient (Wildman–Crippen LogP) is 5.15. The lowest BCUT2D eigenvalue weighted by Crippen LogP contribution is -2.14. The molecule has 0 bridgehead atoms. The van der Waals surface area contributed by atoms with Gasteiger partial charge in [0, 0.05) is 0 Å². The number of nitrogens with one attached hydrogen (secondary N) is 1. The fourth-order valence-corrected chi connectivity index (χ4v) is 4.95.